The number of rotatable bonds is 5. The molecule has 0 aliphatic rings. The van der Waals surface area contributed by atoms with Crippen molar-refractivity contribution in [3.8, 4) is 0 Å². The first-order valence-corrected chi connectivity index (χ1v) is 4.20. The van der Waals surface area contributed by atoms with Crippen molar-refractivity contribution >= 4 is 17.7 Å². The van der Waals surface area contributed by atoms with Gasteiger partial charge in [0.1, 0.15) is 5.49 Å². The zero-order valence-corrected chi connectivity index (χ0v) is 7.87. The maximum absolute atomic E-state index is 4.65. The van der Waals surface area contributed by atoms with Crippen LogP contribution in [-0.4, -0.2) is 24.0 Å². The Bertz CT molecular complexity index is 93.3. The fraction of sp³-hybridized carbons (Fsp3) is 0.875. The molecule has 0 rings (SSSR count). The Labute approximate surface area is 69.4 Å². The fourth-order valence-corrected chi connectivity index (χ4v) is 1.16. The first-order chi connectivity index (χ1) is 4.70. The number of hydrogen-bond donors (Lipinski definition) is 0. The molecule has 0 spiro atoms. The minimum absolute atomic E-state index is 0.741. The van der Waals surface area contributed by atoms with E-state index < -0.39 is 0 Å². The molecule has 59 valence electrons. The van der Waals surface area contributed by atoms with Crippen LogP contribution in [-0.2, 0) is 0 Å². The first kappa shape index (κ1) is 9.89. The van der Waals surface area contributed by atoms with Crippen LogP contribution in [0, 0.1) is 5.92 Å². The Kier molecular flexibility index (Phi) is 5.60. The Morgan fingerprint density at radius 3 is 2.60 bits per heavy atom. The van der Waals surface area contributed by atoms with Gasteiger partial charge in [0, 0.05) is 13.6 Å². The van der Waals surface area contributed by atoms with Crippen LogP contribution >= 0.6 is 12.2 Å². The van der Waals surface area contributed by atoms with Gasteiger partial charge in [-0.2, -0.15) is 0 Å². The van der Waals surface area contributed by atoms with Crippen LogP contribution in [0.4, 0.5) is 0 Å². The zero-order valence-electron chi connectivity index (χ0n) is 7.05. The molecule has 0 aromatic rings. The predicted molar refractivity (Wildman–Crippen MR) is 49.3 cm³/mol. The summed E-state index contributed by atoms with van der Waals surface area (Å²) in [4.78, 5) is 1.94. The third-order valence-electron chi connectivity index (χ3n) is 1.52. The van der Waals surface area contributed by atoms with E-state index in [9.17, 15) is 0 Å². The molecule has 0 aromatic heterocycles. The molecule has 0 saturated heterocycles. The van der Waals surface area contributed by atoms with Crippen LogP contribution in [0.2, 0.25) is 0 Å². The van der Waals surface area contributed by atoms with Crippen LogP contribution in [0.25, 0.3) is 0 Å². The second kappa shape index (κ2) is 5.66. The molecule has 0 aliphatic carbocycles. The number of nitrogens with zero attached hydrogens (tertiary/aromatic N) is 1. The van der Waals surface area contributed by atoms with E-state index in [2.05, 4.69) is 31.6 Å². The van der Waals surface area contributed by atoms with Gasteiger partial charge in [-0.1, -0.05) is 32.5 Å². The van der Waals surface area contributed by atoms with Gasteiger partial charge in [0.05, 0.1) is 0 Å². The van der Waals surface area contributed by atoms with E-state index in [0.29, 0.717) is 0 Å². The lowest BCUT2D eigenvalue weighted by atomic mass is 10.1. The van der Waals surface area contributed by atoms with Crippen molar-refractivity contribution in [2.45, 2.75) is 26.7 Å². The molecule has 0 N–H and O–H groups in total. The molecule has 10 heavy (non-hydrogen) atoms. The van der Waals surface area contributed by atoms with Gasteiger partial charge < -0.3 is 4.90 Å². The Balaban J connectivity index is 3.36. The summed E-state index contributed by atoms with van der Waals surface area (Å²) in [5.74, 6) is 0.741. The van der Waals surface area contributed by atoms with Crippen LogP contribution in [0.3, 0.4) is 0 Å². The minimum Gasteiger partial charge on any atom is -0.363 e. The van der Waals surface area contributed by atoms with Gasteiger partial charge in [0.15, 0.2) is 0 Å². The fourth-order valence-electron chi connectivity index (χ4n) is 1.09. The number of hydrogen-bond acceptors (Lipinski definition) is 1. The molecule has 1 nitrogen and oxygen atoms in total. The van der Waals surface area contributed by atoms with Gasteiger partial charge >= 0.3 is 0 Å². The molecule has 2 heteroatoms. The molecule has 0 amide bonds. The molecular weight excluding hydrogens is 142 g/mol. The third-order valence-corrected chi connectivity index (χ3v) is 1.83. The lowest BCUT2D eigenvalue weighted by Gasteiger charge is -2.16. The van der Waals surface area contributed by atoms with Crippen molar-refractivity contribution in [1.82, 2.24) is 4.90 Å². The summed E-state index contributed by atoms with van der Waals surface area (Å²) in [6.45, 7) is 5.49. The second-order valence-corrected chi connectivity index (χ2v) is 3.05. The molecule has 1 radical (unpaired) electrons. The van der Waals surface area contributed by atoms with Crippen molar-refractivity contribution in [3.05, 3.63) is 0 Å². The third kappa shape index (κ3) is 4.74. The van der Waals surface area contributed by atoms with E-state index in [0.717, 1.165) is 12.5 Å². The lowest BCUT2D eigenvalue weighted by Crippen LogP contribution is -2.21. The van der Waals surface area contributed by atoms with Crippen molar-refractivity contribution in [2.75, 3.05) is 13.6 Å². The van der Waals surface area contributed by atoms with Crippen LogP contribution in [0.15, 0.2) is 0 Å². The van der Waals surface area contributed by atoms with Crippen molar-refractivity contribution in [3.63, 3.8) is 0 Å². The molecule has 0 aliphatic heterocycles. The maximum Gasteiger partial charge on any atom is 0.136 e. The van der Waals surface area contributed by atoms with Gasteiger partial charge in [0.25, 0.3) is 0 Å². The summed E-state index contributed by atoms with van der Waals surface area (Å²) in [5, 5.41) is 0. The van der Waals surface area contributed by atoms with Crippen molar-refractivity contribution in [1.29, 1.82) is 0 Å². The molecule has 0 heterocycles. The van der Waals surface area contributed by atoms with Gasteiger partial charge in [-0.25, -0.2) is 0 Å². The van der Waals surface area contributed by atoms with Crippen molar-refractivity contribution < 1.29 is 0 Å². The van der Waals surface area contributed by atoms with Crippen molar-refractivity contribution in [2.24, 2.45) is 5.92 Å². The van der Waals surface area contributed by atoms with E-state index in [-0.39, 0.29) is 0 Å². The SMILES string of the molecule is CCCC(C)CN(C)[C]=S. The lowest BCUT2D eigenvalue weighted by molar-refractivity contribution is 0.394. The Morgan fingerprint density at radius 2 is 2.20 bits per heavy atom. The normalized spacial score (nSPS) is 12.7. The molecule has 0 bridgehead atoms. The standard InChI is InChI=1S/C8H16NS/c1-4-5-8(2)6-9(3)7-10/h8H,4-6H2,1-3H3. The summed E-state index contributed by atoms with van der Waals surface area (Å²) in [5.41, 5.74) is 2.67. The Hall–Kier alpha value is -0.110. The van der Waals surface area contributed by atoms with Crippen LogP contribution in [0.5, 0.6) is 0 Å². The van der Waals surface area contributed by atoms with E-state index in [1.165, 1.54) is 12.8 Å². The van der Waals surface area contributed by atoms with E-state index in [4.69, 9.17) is 0 Å². The highest BCUT2D eigenvalue weighted by atomic mass is 32.1. The predicted octanol–water partition coefficient (Wildman–Crippen LogP) is 2.19. The average Bonchev–Trinajstić information content (AvgIpc) is 1.88. The maximum atomic E-state index is 4.65. The first-order valence-electron chi connectivity index (χ1n) is 3.79. The number of thiocarbonyl (C=S) groups is 1. The van der Waals surface area contributed by atoms with Crippen LogP contribution < -0.4 is 0 Å². The summed E-state index contributed by atoms with van der Waals surface area (Å²) in [6.07, 6.45) is 2.54. The smallest absolute Gasteiger partial charge is 0.136 e. The molecular formula is C8H16NS. The summed E-state index contributed by atoms with van der Waals surface area (Å²) < 4.78 is 0. The van der Waals surface area contributed by atoms with E-state index >= 15 is 0 Å². The highest BCUT2D eigenvalue weighted by Gasteiger charge is 2.01. The molecule has 0 saturated carbocycles. The minimum atomic E-state index is 0.741. The highest BCUT2D eigenvalue weighted by Crippen LogP contribution is 2.04. The summed E-state index contributed by atoms with van der Waals surface area (Å²) in [6, 6.07) is 0. The zero-order chi connectivity index (χ0) is 7.98. The summed E-state index contributed by atoms with van der Waals surface area (Å²) >= 11 is 4.65. The quantitative estimate of drug-likeness (QED) is 0.446. The topological polar surface area (TPSA) is 3.24 Å². The molecule has 1 atom stereocenters. The Morgan fingerprint density at radius 1 is 1.60 bits per heavy atom. The average molecular weight is 158 g/mol. The second-order valence-electron chi connectivity index (χ2n) is 2.87. The van der Waals surface area contributed by atoms with Gasteiger partial charge in [0.2, 0.25) is 0 Å². The van der Waals surface area contributed by atoms with Gasteiger partial charge in [-0.05, 0) is 12.3 Å². The van der Waals surface area contributed by atoms with E-state index in [1.54, 1.807) is 0 Å². The van der Waals surface area contributed by atoms with Gasteiger partial charge in [-0.15, -0.1) is 0 Å². The van der Waals surface area contributed by atoms with Crippen LogP contribution in [0.1, 0.15) is 26.7 Å². The monoisotopic (exact) mass is 158 g/mol. The summed E-state index contributed by atoms with van der Waals surface area (Å²) in [7, 11) is 1.97. The molecule has 0 aromatic carbocycles. The molecule has 1 unspecified atom stereocenters. The van der Waals surface area contributed by atoms with E-state index in [1.807, 2.05) is 11.9 Å². The van der Waals surface area contributed by atoms with Gasteiger partial charge in [-0.3, -0.25) is 0 Å². The largest absolute Gasteiger partial charge is 0.363 e. The highest BCUT2D eigenvalue weighted by molar-refractivity contribution is 7.78. The molecule has 0 fully saturated rings.